The van der Waals surface area contributed by atoms with Crippen molar-refractivity contribution in [1.29, 1.82) is 0 Å². The molecule has 140 valence electrons. The number of halogens is 1. The second kappa shape index (κ2) is 9.34. The van der Waals surface area contributed by atoms with Crippen LogP contribution in [-0.2, 0) is 4.79 Å². The number of hydrogen-bond donors (Lipinski definition) is 1. The molecule has 2 aromatic carbocycles. The molecule has 0 aliphatic carbocycles. The molecule has 4 nitrogen and oxygen atoms in total. The molecule has 2 rings (SSSR count). The number of nitrogens with one attached hydrogen (secondary N) is 1. The molecule has 5 heteroatoms. The molecule has 0 radical (unpaired) electrons. The van der Waals surface area contributed by atoms with Crippen molar-refractivity contribution in [2.24, 2.45) is 0 Å². The van der Waals surface area contributed by atoms with Gasteiger partial charge in [0.1, 0.15) is 11.6 Å². The van der Waals surface area contributed by atoms with Crippen LogP contribution in [-0.4, -0.2) is 38.6 Å². The van der Waals surface area contributed by atoms with E-state index in [1.807, 2.05) is 45.3 Å². The lowest BCUT2D eigenvalue weighted by Gasteiger charge is -2.26. The maximum Gasteiger partial charge on any atom is 0.227 e. The number of ether oxygens (including phenoxy) is 1. The van der Waals surface area contributed by atoms with Gasteiger partial charge < -0.3 is 15.0 Å². The Labute approximate surface area is 155 Å². The van der Waals surface area contributed by atoms with Gasteiger partial charge in [-0.25, -0.2) is 4.39 Å². The molecule has 1 N–H and O–H groups in total. The number of carbonyl (C=O) groups excluding carboxylic acids is 1. The SMILES string of the molecule is CCC(C(=O)NCC(c1ccc(OC)cc1)N(C)C)c1ccc(F)cc1. The van der Waals surface area contributed by atoms with Gasteiger partial charge in [0.25, 0.3) is 0 Å². The van der Waals surface area contributed by atoms with E-state index in [4.69, 9.17) is 4.74 Å². The lowest BCUT2D eigenvalue weighted by atomic mass is 9.95. The fourth-order valence-corrected chi connectivity index (χ4v) is 3.01. The van der Waals surface area contributed by atoms with Gasteiger partial charge in [-0.3, -0.25) is 4.79 Å². The maximum absolute atomic E-state index is 13.1. The third-order valence-corrected chi connectivity index (χ3v) is 4.59. The second-order valence-electron chi connectivity index (χ2n) is 6.51. The summed E-state index contributed by atoms with van der Waals surface area (Å²) in [5.74, 6) is 0.183. The van der Waals surface area contributed by atoms with E-state index in [0.29, 0.717) is 13.0 Å². The first kappa shape index (κ1) is 19.9. The Morgan fingerprint density at radius 2 is 1.65 bits per heavy atom. The van der Waals surface area contributed by atoms with Crippen LogP contribution in [0, 0.1) is 5.82 Å². The van der Waals surface area contributed by atoms with Crippen molar-refractivity contribution in [2.45, 2.75) is 25.3 Å². The topological polar surface area (TPSA) is 41.6 Å². The minimum atomic E-state index is -0.295. The van der Waals surface area contributed by atoms with E-state index >= 15 is 0 Å². The van der Waals surface area contributed by atoms with E-state index in [2.05, 4.69) is 10.2 Å². The summed E-state index contributed by atoms with van der Waals surface area (Å²) in [5, 5.41) is 3.05. The largest absolute Gasteiger partial charge is 0.497 e. The number of rotatable bonds is 8. The van der Waals surface area contributed by atoms with Crippen LogP contribution in [0.15, 0.2) is 48.5 Å². The number of methoxy groups -OCH3 is 1. The van der Waals surface area contributed by atoms with Crippen molar-refractivity contribution in [2.75, 3.05) is 27.7 Å². The lowest BCUT2D eigenvalue weighted by molar-refractivity contribution is -0.122. The van der Waals surface area contributed by atoms with Crippen molar-refractivity contribution in [3.8, 4) is 5.75 Å². The number of carbonyl (C=O) groups is 1. The van der Waals surface area contributed by atoms with Crippen molar-refractivity contribution >= 4 is 5.91 Å². The number of benzene rings is 2. The third-order valence-electron chi connectivity index (χ3n) is 4.59. The third kappa shape index (κ3) is 5.05. The maximum atomic E-state index is 13.1. The molecule has 0 saturated carbocycles. The predicted molar refractivity (Wildman–Crippen MR) is 102 cm³/mol. The van der Waals surface area contributed by atoms with Gasteiger partial charge in [0.2, 0.25) is 5.91 Å². The molecule has 2 aromatic rings. The average molecular weight is 358 g/mol. The van der Waals surface area contributed by atoms with E-state index in [0.717, 1.165) is 16.9 Å². The fraction of sp³-hybridized carbons (Fsp3) is 0.381. The quantitative estimate of drug-likeness (QED) is 0.781. The second-order valence-corrected chi connectivity index (χ2v) is 6.51. The van der Waals surface area contributed by atoms with Gasteiger partial charge in [-0.2, -0.15) is 0 Å². The van der Waals surface area contributed by atoms with Crippen LogP contribution in [0.3, 0.4) is 0 Å². The monoisotopic (exact) mass is 358 g/mol. The summed E-state index contributed by atoms with van der Waals surface area (Å²) in [4.78, 5) is 14.7. The molecule has 2 unspecified atom stereocenters. The van der Waals surface area contributed by atoms with E-state index in [1.165, 1.54) is 12.1 Å². The molecule has 0 aromatic heterocycles. The van der Waals surface area contributed by atoms with E-state index in [1.54, 1.807) is 19.2 Å². The van der Waals surface area contributed by atoms with Gasteiger partial charge in [-0.05, 0) is 55.9 Å². The van der Waals surface area contributed by atoms with E-state index in [9.17, 15) is 9.18 Å². The zero-order valence-electron chi connectivity index (χ0n) is 15.8. The average Bonchev–Trinajstić information content (AvgIpc) is 2.64. The number of amides is 1. The van der Waals surface area contributed by atoms with Crippen molar-refractivity contribution in [3.05, 3.63) is 65.5 Å². The lowest BCUT2D eigenvalue weighted by Crippen LogP contribution is -2.37. The van der Waals surface area contributed by atoms with Crippen LogP contribution < -0.4 is 10.1 Å². The van der Waals surface area contributed by atoms with Crippen molar-refractivity contribution in [3.63, 3.8) is 0 Å². The van der Waals surface area contributed by atoms with Gasteiger partial charge in [0, 0.05) is 6.54 Å². The number of nitrogens with zero attached hydrogens (tertiary/aromatic N) is 1. The van der Waals surface area contributed by atoms with Crippen molar-refractivity contribution in [1.82, 2.24) is 10.2 Å². The molecule has 0 heterocycles. The van der Waals surface area contributed by atoms with Crippen molar-refractivity contribution < 1.29 is 13.9 Å². The molecule has 0 spiro atoms. The Balaban J connectivity index is 2.06. The first-order valence-corrected chi connectivity index (χ1v) is 8.79. The fourth-order valence-electron chi connectivity index (χ4n) is 3.01. The number of likely N-dealkylation sites (N-methyl/N-ethyl adjacent to an activating group) is 1. The van der Waals surface area contributed by atoms with Crippen LogP contribution in [0.5, 0.6) is 5.75 Å². The van der Waals surface area contributed by atoms with Crippen LogP contribution in [0.1, 0.15) is 36.4 Å². The molecular weight excluding hydrogens is 331 g/mol. The smallest absolute Gasteiger partial charge is 0.227 e. The predicted octanol–water partition coefficient (Wildman–Crippen LogP) is 3.75. The highest BCUT2D eigenvalue weighted by Crippen LogP contribution is 2.23. The van der Waals surface area contributed by atoms with Crippen LogP contribution >= 0.6 is 0 Å². The van der Waals surface area contributed by atoms with Crippen LogP contribution in [0.25, 0.3) is 0 Å². The van der Waals surface area contributed by atoms with E-state index in [-0.39, 0.29) is 23.7 Å². The molecule has 0 bridgehead atoms. The Bertz CT molecular complexity index is 699. The first-order valence-electron chi connectivity index (χ1n) is 8.79. The first-order chi connectivity index (χ1) is 12.5. The Morgan fingerprint density at radius 3 is 2.15 bits per heavy atom. The van der Waals surface area contributed by atoms with Gasteiger partial charge in [-0.1, -0.05) is 31.2 Å². The molecule has 1 amide bonds. The Hall–Kier alpha value is -2.40. The minimum Gasteiger partial charge on any atom is -0.497 e. The standard InChI is InChI=1S/C21H27FN2O2/c1-5-19(15-6-10-17(22)11-7-15)21(25)23-14-20(24(2)3)16-8-12-18(26-4)13-9-16/h6-13,19-20H,5,14H2,1-4H3,(H,23,25). The Morgan fingerprint density at radius 1 is 1.08 bits per heavy atom. The Kier molecular flexibility index (Phi) is 7.16. The van der Waals surface area contributed by atoms with E-state index < -0.39 is 0 Å². The molecule has 2 atom stereocenters. The zero-order chi connectivity index (χ0) is 19.1. The summed E-state index contributed by atoms with van der Waals surface area (Å²) in [5.41, 5.74) is 1.93. The molecule has 0 saturated heterocycles. The summed E-state index contributed by atoms with van der Waals surface area (Å²) >= 11 is 0. The summed E-state index contributed by atoms with van der Waals surface area (Å²) < 4.78 is 18.3. The summed E-state index contributed by atoms with van der Waals surface area (Å²) in [6.07, 6.45) is 0.659. The summed E-state index contributed by atoms with van der Waals surface area (Å²) in [6, 6.07) is 14.0. The zero-order valence-corrected chi connectivity index (χ0v) is 15.8. The molecular formula is C21H27FN2O2. The molecule has 0 aliphatic rings. The highest BCUT2D eigenvalue weighted by Gasteiger charge is 2.21. The minimum absolute atomic E-state index is 0.0422. The number of hydrogen-bond acceptors (Lipinski definition) is 3. The van der Waals surface area contributed by atoms with Gasteiger partial charge in [0.05, 0.1) is 19.1 Å². The van der Waals surface area contributed by atoms with Crippen LogP contribution in [0.4, 0.5) is 4.39 Å². The normalized spacial score (nSPS) is 13.3. The highest BCUT2D eigenvalue weighted by molar-refractivity contribution is 5.83. The highest BCUT2D eigenvalue weighted by atomic mass is 19.1. The van der Waals surface area contributed by atoms with Gasteiger partial charge in [0.15, 0.2) is 0 Å². The van der Waals surface area contributed by atoms with Crippen LogP contribution in [0.2, 0.25) is 0 Å². The van der Waals surface area contributed by atoms with Gasteiger partial charge in [-0.15, -0.1) is 0 Å². The molecule has 26 heavy (non-hydrogen) atoms. The summed E-state index contributed by atoms with van der Waals surface area (Å²) in [7, 11) is 5.61. The van der Waals surface area contributed by atoms with Gasteiger partial charge >= 0.3 is 0 Å². The molecule has 0 aliphatic heterocycles. The molecule has 0 fully saturated rings. The summed E-state index contributed by atoms with van der Waals surface area (Å²) in [6.45, 7) is 2.45.